The average Bonchev–Trinajstić information content (AvgIpc) is 2.95. The van der Waals surface area contributed by atoms with Gasteiger partial charge in [0.05, 0.1) is 0 Å². The topological polar surface area (TPSA) is 55.6 Å². The molecule has 0 spiro atoms. The molecule has 0 aromatic rings. The number of hydrogen-bond donors (Lipinski definition) is 1. The van der Waals surface area contributed by atoms with Crippen LogP contribution in [0.25, 0.3) is 0 Å². The Morgan fingerprint density at radius 3 is 2.55 bits per heavy atom. The first kappa shape index (κ1) is 16.8. The van der Waals surface area contributed by atoms with Gasteiger partial charge in [0.25, 0.3) is 0 Å². The van der Waals surface area contributed by atoms with Crippen LogP contribution in [-0.4, -0.2) is 37.2 Å². The van der Waals surface area contributed by atoms with Crippen LogP contribution in [0.1, 0.15) is 39.5 Å². The van der Waals surface area contributed by atoms with Crippen LogP contribution in [0.2, 0.25) is 0 Å². The predicted molar refractivity (Wildman–Crippen MR) is 82.5 cm³/mol. The van der Waals surface area contributed by atoms with Gasteiger partial charge in [-0.05, 0) is 18.4 Å². The zero-order valence-electron chi connectivity index (χ0n) is 13.0. The fraction of sp³-hybridized carbons (Fsp3) is 0.688. The molecule has 1 rings (SSSR count). The summed E-state index contributed by atoms with van der Waals surface area (Å²) in [6.45, 7) is 8.51. The van der Waals surface area contributed by atoms with E-state index in [9.17, 15) is 4.79 Å². The Hall–Kier alpha value is -1.29. The number of nitrogens with two attached hydrogens (primary N) is 1. The van der Waals surface area contributed by atoms with Crippen molar-refractivity contribution in [3.63, 3.8) is 0 Å². The molecule has 0 aromatic carbocycles. The highest BCUT2D eigenvalue weighted by molar-refractivity contribution is 5.67. The van der Waals surface area contributed by atoms with Gasteiger partial charge >= 0.3 is 6.09 Å². The zero-order chi connectivity index (χ0) is 15.2. The largest absolute Gasteiger partial charge is 0.448 e. The first-order valence-corrected chi connectivity index (χ1v) is 7.34. The van der Waals surface area contributed by atoms with E-state index in [2.05, 4.69) is 6.58 Å². The summed E-state index contributed by atoms with van der Waals surface area (Å²) in [4.78, 5) is 13.8. The van der Waals surface area contributed by atoms with Crippen molar-refractivity contribution < 1.29 is 9.53 Å². The third kappa shape index (κ3) is 4.37. The van der Waals surface area contributed by atoms with Gasteiger partial charge in [-0.25, -0.2) is 4.79 Å². The summed E-state index contributed by atoms with van der Waals surface area (Å²) in [5.41, 5.74) is 6.51. The van der Waals surface area contributed by atoms with Crippen LogP contribution in [0, 0.1) is 5.41 Å². The maximum Gasteiger partial charge on any atom is 0.409 e. The lowest BCUT2D eigenvalue weighted by Crippen LogP contribution is -2.38. The highest BCUT2D eigenvalue weighted by Crippen LogP contribution is 2.27. The van der Waals surface area contributed by atoms with E-state index in [1.54, 1.807) is 11.0 Å². The summed E-state index contributed by atoms with van der Waals surface area (Å²) < 4.78 is 5.47. The lowest BCUT2D eigenvalue weighted by molar-refractivity contribution is 0.0728. The second kappa shape index (κ2) is 7.48. The molecule has 114 valence electrons. The molecular weight excluding hydrogens is 252 g/mol. The molecule has 0 aromatic heterocycles. The van der Waals surface area contributed by atoms with Gasteiger partial charge in [0.2, 0.25) is 0 Å². The van der Waals surface area contributed by atoms with Crippen LogP contribution in [-0.2, 0) is 4.74 Å². The van der Waals surface area contributed by atoms with Crippen molar-refractivity contribution in [2.75, 3.05) is 20.2 Å². The second-order valence-electron chi connectivity index (χ2n) is 6.12. The van der Waals surface area contributed by atoms with Gasteiger partial charge in [-0.1, -0.05) is 45.4 Å². The third-order valence-corrected chi connectivity index (χ3v) is 4.13. The van der Waals surface area contributed by atoms with Crippen LogP contribution >= 0.6 is 0 Å². The van der Waals surface area contributed by atoms with Gasteiger partial charge < -0.3 is 15.4 Å². The Balaban J connectivity index is 2.54. The Morgan fingerprint density at radius 2 is 2.05 bits per heavy atom. The summed E-state index contributed by atoms with van der Waals surface area (Å²) in [5.74, 6) is 0. The van der Waals surface area contributed by atoms with Crippen molar-refractivity contribution in [1.29, 1.82) is 0 Å². The van der Waals surface area contributed by atoms with Gasteiger partial charge in [-0.15, -0.1) is 0 Å². The van der Waals surface area contributed by atoms with Gasteiger partial charge in [-0.2, -0.15) is 0 Å². The van der Waals surface area contributed by atoms with Crippen LogP contribution in [0.5, 0.6) is 0 Å². The van der Waals surface area contributed by atoms with Crippen LogP contribution in [0.15, 0.2) is 24.3 Å². The lowest BCUT2D eigenvalue weighted by Gasteiger charge is -2.29. The van der Waals surface area contributed by atoms with E-state index in [1.165, 1.54) is 12.8 Å². The van der Waals surface area contributed by atoms with Crippen molar-refractivity contribution in [3.8, 4) is 0 Å². The molecule has 1 aliphatic rings. The standard InChI is InChI=1S/C16H28N2O2/c1-5-8-13(11-17)16(2,3)12-20-15(19)18(4)14-9-6-7-10-14/h5,8,14H,1,6-7,9-12,17H2,2-4H3/b13-8+. The fourth-order valence-electron chi connectivity index (χ4n) is 2.59. The molecule has 20 heavy (non-hydrogen) atoms. The molecule has 0 unspecified atom stereocenters. The molecule has 0 saturated heterocycles. The number of hydrogen-bond acceptors (Lipinski definition) is 3. The van der Waals surface area contributed by atoms with Crippen molar-refractivity contribution >= 4 is 6.09 Å². The smallest absolute Gasteiger partial charge is 0.409 e. The van der Waals surface area contributed by atoms with Gasteiger partial charge in [0, 0.05) is 25.0 Å². The summed E-state index contributed by atoms with van der Waals surface area (Å²) in [7, 11) is 1.83. The number of carbonyl (C=O) groups excluding carboxylic acids is 1. The Bertz CT molecular complexity index is 369. The minimum absolute atomic E-state index is 0.236. The quantitative estimate of drug-likeness (QED) is 0.761. The molecule has 2 N–H and O–H groups in total. The average molecular weight is 280 g/mol. The molecule has 1 aliphatic carbocycles. The van der Waals surface area contributed by atoms with E-state index >= 15 is 0 Å². The van der Waals surface area contributed by atoms with E-state index < -0.39 is 0 Å². The normalized spacial score (nSPS) is 17.1. The molecule has 0 bridgehead atoms. The Morgan fingerprint density at radius 1 is 1.45 bits per heavy atom. The monoisotopic (exact) mass is 280 g/mol. The maximum absolute atomic E-state index is 12.1. The van der Waals surface area contributed by atoms with Crippen LogP contribution < -0.4 is 5.73 Å². The fourth-order valence-corrected chi connectivity index (χ4v) is 2.59. The van der Waals surface area contributed by atoms with Gasteiger partial charge in [0.15, 0.2) is 0 Å². The minimum Gasteiger partial charge on any atom is -0.448 e. The van der Waals surface area contributed by atoms with Crippen molar-refractivity contribution in [1.82, 2.24) is 4.90 Å². The molecule has 0 heterocycles. The number of amides is 1. The van der Waals surface area contributed by atoms with E-state index in [0.717, 1.165) is 18.4 Å². The Kier molecular flexibility index (Phi) is 6.27. The highest BCUT2D eigenvalue weighted by Gasteiger charge is 2.28. The van der Waals surface area contributed by atoms with E-state index in [0.29, 0.717) is 19.2 Å². The highest BCUT2D eigenvalue weighted by atomic mass is 16.6. The SMILES string of the molecule is C=C/C=C(\CN)C(C)(C)COC(=O)N(C)C1CCCC1. The number of ether oxygens (including phenoxy) is 1. The zero-order valence-corrected chi connectivity index (χ0v) is 13.0. The van der Waals surface area contributed by atoms with Crippen molar-refractivity contribution in [2.24, 2.45) is 11.1 Å². The first-order valence-electron chi connectivity index (χ1n) is 7.34. The van der Waals surface area contributed by atoms with Crippen molar-refractivity contribution in [2.45, 2.75) is 45.6 Å². The second-order valence-corrected chi connectivity index (χ2v) is 6.12. The molecule has 0 radical (unpaired) electrons. The molecule has 1 amide bonds. The van der Waals surface area contributed by atoms with Crippen LogP contribution in [0.4, 0.5) is 4.79 Å². The van der Waals surface area contributed by atoms with Crippen LogP contribution in [0.3, 0.4) is 0 Å². The Labute approximate surface area is 122 Å². The first-order chi connectivity index (χ1) is 9.42. The predicted octanol–water partition coefficient (Wildman–Crippen LogP) is 3.09. The minimum atomic E-state index is -0.269. The number of allylic oxidation sites excluding steroid dienone is 2. The summed E-state index contributed by atoms with van der Waals surface area (Å²) >= 11 is 0. The van der Waals surface area contributed by atoms with Gasteiger partial charge in [0.1, 0.15) is 6.61 Å². The number of carbonyl (C=O) groups is 1. The third-order valence-electron chi connectivity index (χ3n) is 4.13. The van der Waals surface area contributed by atoms with Crippen molar-refractivity contribution in [3.05, 3.63) is 24.3 Å². The molecule has 1 fully saturated rings. The van der Waals surface area contributed by atoms with Gasteiger partial charge in [-0.3, -0.25) is 0 Å². The van der Waals surface area contributed by atoms with E-state index in [1.807, 2.05) is 27.0 Å². The number of rotatable bonds is 6. The maximum atomic E-state index is 12.1. The number of nitrogens with zero attached hydrogens (tertiary/aromatic N) is 1. The molecule has 0 aliphatic heterocycles. The van der Waals surface area contributed by atoms with E-state index in [4.69, 9.17) is 10.5 Å². The lowest BCUT2D eigenvalue weighted by atomic mass is 9.84. The molecule has 1 saturated carbocycles. The molecule has 4 heteroatoms. The molecule has 4 nitrogen and oxygen atoms in total. The summed E-state index contributed by atoms with van der Waals surface area (Å²) in [6.07, 6.45) is 7.95. The summed E-state index contributed by atoms with van der Waals surface area (Å²) in [5, 5.41) is 0. The van der Waals surface area contributed by atoms with E-state index in [-0.39, 0.29) is 11.5 Å². The molecule has 0 atom stereocenters. The molecular formula is C16H28N2O2. The summed E-state index contributed by atoms with van der Waals surface area (Å²) in [6, 6.07) is 0.336.